The molecule has 0 bridgehead atoms. The summed E-state index contributed by atoms with van der Waals surface area (Å²) in [6.45, 7) is 1.60. The number of hydrogen-bond donors (Lipinski definition) is 1. The summed E-state index contributed by atoms with van der Waals surface area (Å²) in [5, 5.41) is 10.4. The molecule has 0 amide bonds. The quantitative estimate of drug-likeness (QED) is 0.684. The van der Waals surface area contributed by atoms with Crippen molar-refractivity contribution in [1.29, 1.82) is 0 Å². The number of phenolic OH excluding ortho intramolecular Hbond substituents is 1. The Balaban J connectivity index is 2.53. The Hall–Kier alpha value is -2.23. The highest BCUT2D eigenvalue weighted by Gasteiger charge is 2.48. The number of hydrogen-bond acceptors (Lipinski definition) is 6. The summed E-state index contributed by atoms with van der Waals surface area (Å²) in [6.07, 6.45) is 0.994. The topological polar surface area (TPSA) is 85.7 Å². The van der Waals surface area contributed by atoms with Gasteiger partial charge in [-0.3, -0.25) is 0 Å². The van der Waals surface area contributed by atoms with Crippen LogP contribution in [0, 0.1) is 6.92 Å². The Morgan fingerprint density at radius 1 is 1.27 bits per heavy atom. The minimum Gasteiger partial charge on any atom is -0.504 e. The van der Waals surface area contributed by atoms with E-state index >= 15 is 0 Å². The SMILES string of the molecule is COc1c(C)cc2cc(OS(=O)(=O)C(F)(F)F)ncc2c1O. The van der Waals surface area contributed by atoms with Crippen LogP contribution < -0.4 is 8.92 Å². The van der Waals surface area contributed by atoms with Crippen LogP contribution >= 0.6 is 0 Å². The van der Waals surface area contributed by atoms with E-state index in [4.69, 9.17) is 4.74 Å². The Morgan fingerprint density at radius 2 is 1.91 bits per heavy atom. The van der Waals surface area contributed by atoms with Crippen LogP contribution in [0.2, 0.25) is 0 Å². The first kappa shape index (κ1) is 16.1. The molecule has 0 saturated heterocycles. The monoisotopic (exact) mass is 337 g/mol. The van der Waals surface area contributed by atoms with E-state index in [1.165, 1.54) is 13.2 Å². The Labute approximate surface area is 123 Å². The van der Waals surface area contributed by atoms with E-state index in [9.17, 15) is 26.7 Å². The number of halogens is 3. The number of alkyl halides is 3. The second-order valence-electron chi connectivity index (χ2n) is 4.30. The van der Waals surface area contributed by atoms with Crippen LogP contribution in [0.3, 0.4) is 0 Å². The van der Waals surface area contributed by atoms with E-state index in [-0.39, 0.29) is 22.3 Å². The zero-order chi connectivity index (χ0) is 16.7. The smallest absolute Gasteiger partial charge is 0.504 e. The van der Waals surface area contributed by atoms with Crippen molar-refractivity contribution >= 4 is 20.9 Å². The summed E-state index contributed by atoms with van der Waals surface area (Å²) in [5.41, 5.74) is -5.05. The number of benzene rings is 1. The Bertz CT molecular complexity index is 833. The predicted octanol–water partition coefficient (Wildman–Crippen LogP) is 2.49. The lowest BCUT2D eigenvalue weighted by Gasteiger charge is -2.12. The third-order valence-corrected chi connectivity index (χ3v) is 3.75. The van der Waals surface area contributed by atoms with Crippen molar-refractivity contribution in [3.8, 4) is 17.4 Å². The highest BCUT2D eigenvalue weighted by atomic mass is 32.2. The van der Waals surface area contributed by atoms with E-state index in [2.05, 4.69) is 9.17 Å². The molecule has 1 aromatic heterocycles. The minimum atomic E-state index is -5.80. The number of aromatic hydroxyl groups is 1. The van der Waals surface area contributed by atoms with Crippen LogP contribution in [0.4, 0.5) is 13.2 Å². The van der Waals surface area contributed by atoms with Gasteiger partial charge in [-0.05, 0) is 23.9 Å². The van der Waals surface area contributed by atoms with Gasteiger partial charge < -0.3 is 14.0 Å². The van der Waals surface area contributed by atoms with Crippen LogP contribution in [0.25, 0.3) is 10.8 Å². The number of aryl methyl sites for hydroxylation is 1. The van der Waals surface area contributed by atoms with Gasteiger partial charge >= 0.3 is 15.6 Å². The molecule has 1 aromatic carbocycles. The average Bonchev–Trinajstić information content (AvgIpc) is 2.36. The summed E-state index contributed by atoms with van der Waals surface area (Å²) >= 11 is 0. The number of aromatic nitrogens is 1. The number of rotatable bonds is 3. The van der Waals surface area contributed by atoms with Gasteiger partial charge in [0.1, 0.15) is 0 Å². The fraction of sp³-hybridized carbons (Fsp3) is 0.250. The molecule has 2 rings (SSSR count). The van der Waals surface area contributed by atoms with Gasteiger partial charge in [-0.25, -0.2) is 4.98 Å². The van der Waals surface area contributed by atoms with Crippen LogP contribution in [0.1, 0.15) is 5.56 Å². The molecule has 1 N–H and O–H groups in total. The molecule has 0 radical (unpaired) electrons. The number of ether oxygens (including phenoxy) is 1. The number of nitrogens with zero attached hydrogens (tertiary/aromatic N) is 1. The van der Waals surface area contributed by atoms with Gasteiger partial charge in [0.25, 0.3) is 0 Å². The molecule has 0 spiro atoms. The molecule has 2 aromatic rings. The van der Waals surface area contributed by atoms with Crippen molar-refractivity contribution in [3.63, 3.8) is 0 Å². The van der Waals surface area contributed by atoms with Crippen molar-refractivity contribution in [2.75, 3.05) is 7.11 Å². The van der Waals surface area contributed by atoms with Crippen LogP contribution in [-0.4, -0.2) is 31.1 Å². The summed E-state index contributed by atoms with van der Waals surface area (Å²) in [5.74, 6) is -0.824. The average molecular weight is 337 g/mol. The summed E-state index contributed by atoms with van der Waals surface area (Å²) in [7, 11) is -4.46. The van der Waals surface area contributed by atoms with E-state index < -0.39 is 21.5 Å². The minimum absolute atomic E-state index is 0.180. The maximum absolute atomic E-state index is 12.3. The largest absolute Gasteiger partial charge is 0.534 e. The van der Waals surface area contributed by atoms with Gasteiger partial charge in [0.05, 0.1) is 7.11 Å². The highest BCUT2D eigenvalue weighted by Crippen LogP contribution is 2.38. The lowest BCUT2D eigenvalue weighted by molar-refractivity contribution is -0.0501. The molecule has 0 atom stereocenters. The maximum Gasteiger partial charge on any atom is 0.534 e. The van der Waals surface area contributed by atoms with Crippen molar-refractivity contribution in [3.05, 3.63) is 23.9 Å². The number of methoxy groups -OCH3 is 1. The van der Waals surface area contributed by atoms with Crippen LogP contribution in [-0.2, 0) is 10.1 Å². The standard InChI is InChI=1S/C12H10F3NO5S/c1-6-3-7-4-9(21-22(18,19)12(13,14)15)16-5-8(7)10(17)11(6)20-2/h3-5,17H,1-2H3. The van der Waals surface area contributed by atoms with E-state index in [0.717, 1.165) is 12.3 Å². The predicted molar refractivity (Wildman–Crippen MR) is 70.3 cm³/mol. The fourth-order valence-corrected chi connectivity index (χ4v) is 2.25. The molecular formula is C12H10F3NO5S. The normalized spacial score (nSPS) is 12.4. The van der Waals surface area contributed by atoms with Gasteiger partial charge in [0.2, 0.25) is 5.88 Å². The van der Waals surface area contributed by atoms with Crippen molar-refractivity contribution < 1.29 is 35.6 Å². The van der Waals surface area contributed by atoms with E-state index in [0.29, 0.717) is 5.56 Å². The van der Waals surface area contributed by atoms with E-state index in [1.54, 1.807) is 6.92 Å². The second-order valence-corrected chi connectivity index (χ2v) is 5.84. The summed E-state index contributed by atoms with van der Waals surface area (Å²) < 4.78 is 67.6. The molecule has 10 heteroatoms. The van der Waals surface area contributed by atoms with Gasteiger partial charge in [-0.2, -0.15) is 21.6 Å². The van der Waals surface area contributed by atoms with Gasteiger partial charge in [-0.1, -0.05) is 0 Å². The third-order valence-electron chi connectivity index (χ3n) is 2.79. The molecular weight excluding hydrogens is 327 g/mol. The molecule has 0 aliphatic rings. The molecule has 0 aliphatic heterocycles. The molecule has 0 unspecified atom stereocenters. The molecule has 6 nitrogen and oxygen atoms in total. The molecule has 1 heterocycles. The first-order chi connectivity index (χ1) is 10.1. The fourth-order valence-electron chi connectivity index (χ4n) is 1.84. The highest BCUT2D eigenvalue weighted by molar-refractivity contribution is 7.87. The second kappa shape index (κ2) is 5.20. The Kier molecular flexibility index (Phi) is 3.81. The van der Waals surface area contributed by atoms with Crippen molar-refractivity contribution in [1.82, 2.24) is 4.98 Å². The number of phenols is 1. The molecule has 0 fully saturated rings. The van der Waals surface area contributed by atoms with Gasteiger partial charge in [0.15, 0.2) is 11.5 Å². The van der Waals surface area contributed by atoms with Crippen LogP contribution in [0.15, 0.2) is 18.3 Å². The van der Waals surface area contributed by atoms with Crippen LogP contribution in [0.5, 0.6) is 17.4 Å². The number of pyridine rings is 1. The summed E-state index contributed by atoms with van der Waals surface area (Å²) in [6, 6.07) is 2.47. The lowest BCUT2D eigenvalue weighted by atomic mass is 10.1. The van der Waals surface area contributed by atoms with Gasteiger partial charge in [0, 0.05) is 17.6 Å². The van der Waals surface area contributed by atoms with E-state index in [1.807, 2.05) is 0 Å². The molecule has 120 valence electrons. The summed E-state index contributed by atoms with van der Waals surface area (Å²) in [4.78, 5) is 3.45. The zero-order valence-corrected chi connectivity index (χ0v) is 12.1. The Morgan fingerprint density at radius 3 is 2.45 bits per heavy atom. The molecule has 0 saturated carbocycles. The first-order valence-electron chi connectivity index (χ1n) is 5.74. The molecule has 22 heavy (non-hydrogen) atoms. The lowest BCUT2D eigenvalue weighted by Crippen LogP contribution is -2.28. The first-order valence-corrected chi connectivity index (χ1v) is 7.14. The van der Waals surface area contributed by atoms with Crippen molar-refractivity contribution in [2.45, 2.75) is 12.4 Å². The van der Waals surface area contributed by atoms with Crippen molar-refractivity contribution in [2.24, 2.45) is 0 Å². The molecule has 0 aliphatic carbocycles. The van der Waals surface area contributed by atoms with Gasteiger partial charge in [-0.15, -0.1) is 0 Å². The maximum atomic E-state index is 12.3. The zero-order valence-electron chi connectivity index (χ0n) is 11.3. The third kappa shape index (κ3) is 2.73. The number of fused-ring (bicyclic) bond motifs is 1.